The zero-order valence-corrected chi connectivity index (χ0v) is 19.1. The molecule has 3 aromatic carbocycles. The quantitative estimate of drug-likeness (QED) is 0.336. The fourth-order valence-electron chi connectivity index (χ4n) is 3.70. The zero-order chi connectivity index (χ0) is 23.9. The Morgan fingerprint density at radius 3 is 2.44 bits per heavy atom. The van der Waals surface area contributed by atoms with Gasteiger partial charge in [-0.3, -0.25) is 4.79 Å². The van der Waals surface area contributed by atoms with Crippen LogP contribution in [0.5, 0.6) is 17.4 Å². The summed E-state index contributed by atoms with van der Waals surface area (Å²) in [5, 5.41) is 7.54. The molecule has 34 heavy (non-hydrogen) atoms. The van der Waals surface area contributed by atoms with Gasteiger partial charge in [-0.1, -0.05) is 43.3 Å². The van der Waals surface area contributed by atoms with Crippen LogP contribution >= 0.6 is 0 Å². The van der Waals surface area contributed by atoms with Crippen LogP contribution in [0.15, 0.2) is 78.9 Å². The summed E-state index contributed by atoms with van der Waals surface area (Å²) in [5.74, 6) is 1.06. The second-order valence-corrected chi connectivity index (χ2v) is 7.64. The molecule has 174 valence electrons. The number of halogens is 1. The first kappa shape index (κ1) is 23.0. The predicted octanol–water partition coefficient (Wildman–Crippen LogP) is 5.95. The molecule has 1 N–H and O–H groups in total. The van der Waals surface area contributed by atoms with Crippen LogP contribution in [0.4, 0.5) is 10.1 Å². The summed E-state index contributed by atoms with van der Waals surface area (Å²) < 4.78 is 27.0. The van der Waals surface area contributed by atoms with Crippen LogP contribution in [0.1, 0.15) is 24.6 Å². The number of hydrogen-bond donors (Lipinski definition) is 1. The van der Waals surface area contributed by atoms with Crippen molar-refractivity contribution in [1.29, 1.82) is 0 Å². The minimum absolute atomic E-state index is 0.187. The molecule has 4 aromatic rings. The number of rotatable bonds is 9. The minimum Gasteiger partial charge on any atom is -0.493 e. The van der Waals surface area contributed by atoms with Crippen LogP contribution in [-0.4, -0.2) is 22.8 Å². The molecule has 0 atom stereocenters. The predicted molar refractivity (Wildman–Crippen MR) is 129 cm³/mol. The molecule has 6 nitrogen and oxygen atoms in total. The van der Waals surface area contributed by atoms with Crippen molar-refractivity contribution < 1.29 is 18.7 Å². The fourth-order valence-corrected chi connectivity index (χ4v) is 3.70. The van der Waals surface area contributed by atoms with Gasteiger partial charge in [0.15, 0.2) is 11.5 Å². The highest BCUT2D eigenvalue weighted by Crippen LogP contribution is 2.36. The lowest BCUT2D eigenvalue weighted by molar-refractivity contribution is -0.116. The van der Waals surface area contributed by atoms with Gasteiger partial charge in [0.1, 0.15) is 5.82 Å². The minimum atomic E-state index is -0.400. The molecule has 1 heterocycles. The number of hydrogen-bond acceptors (Lipinski definition) is 4. The van der Waals surface area contributed by atoms with Crippen LogP contribution in [0.2, 0.25) is 0 Å². The van der Waals surface area contributed by atoms with E-state index in [0.717, 1.165) is 16.9 Å². The normalized spacial score (nSPS) is 10.7. The first-order chi connectivity index (χ1) is 16.6. The topological polar surface area (TPSA) is 65.4 Å². The molecule has 0 aliphatic carbocycles. The fraction of sp³-hybridized carbons (Fsp3) is 0.185. The molecule has 7 heteroatoms. The van der Waals surface area contributed by atoms with Crippen molar-refractivity contribution in [3.05, 3.63) is 95.9 Å². The van der Waals surface area contributed by atoms with Gasteiger partial charge in [-0.05, 0) is 55.3 Å². The van der Waals surface area contributed by atoms with Crippen LogP contribution < -0.4 is 14.8 Å². The number of methoxy groups -OCH3 is 1. The highest BCUT2D eigenvalue weighted by molar-refractivity contribution is 5.90. The van der Waals surface area contributed by atoms with Gasteiger partial charge >= 0.3 is 0 Å². The molecular formula is C27H26FN3O3. The Bertz CT molecular complexity index is 1270. The largest absolute Gasteiger partial charge is 0.493 e. The van der Waals surface area contributed by atoms with E-state index < -0.39 is 5.82 Å². The number of ether oxygens (including phenoxy) is 2. The Morgan fingerprint density at radius 1 is 1.00 bits per heavy atom. The summed E-state index contributed by atoms with van der Waals surface area (Å²) in [5.41, 5.74) is 2.95. The Labute approximate surface area is 198 Å². The van der Waals surface area contributed by atoms with Gasteiger partial charge in [0.25, 0.3) is 0 Å². The Balaban J connectivity index is 1.66. The average molecular weight is 460 g/mol. The standard InChI is InChI=1S/C27H26FN3O3/c1-3-23-22(16-17-26(32)29-20-11-9-10-19(28)18-20)27(31(30-23)21-12-5-4-6-13-21)34-25-15-8-7-14-24(25)33-2/h4-15,18H,3,16-17H2,1-2H3,(H,29,32). The first-order valence-electron chi connectivity index (χ1n) is 11.1. The molecule has 0 saturated carbocycles. The molecule has 0 aliphatic rings. The third-order valence-electron chi connectivity index (χ3n) is 5.34. The molecule has 0 unspecified atom stereocenters. The highest BCUT2D eigenvalue weighted by atomic mass is 19.1. The van der Waals surface area contributed by atoms with Gasteiger partial charge in [-0.2, -0.15) is 5.10 Å². The van der Waals surface area contributed by atoms with Crippen LogP contribution in [-0.2, 0) is 17.6 Å². The van der Waals surface area contributed by atoms with E-state index >= 15 is 0 Å². The second kappa shape index (κ2) is 10.7. The van der Waals surface area contributed by atoms with Crippen molar-refractivity contribution in [1.82, 2.24) is 9.78 Å². The van der Waals surface area contributed by atoms with Gasteiger partial charge in [-0.25, -0.2) is 9.07 Å². The molecule has 1 aromatic heterocycles. The number of carbonyl (C=O) groups is 1. The van der Waals surface area contributed by atoms with Crippen LogP contribution in [0.25, 0.3) is 5.69 Å². The smallest absolute Gasteiger partial charge is 0.226 e. The number of para-hydroxylation sites is 3. The van der Waals surface area contributed by atoms with Gasteiger partial charge < -0.3 is 14.8 Å². The Morgan fingerprint density at radius 2 is 1.74 bits per heavy atom. The number of nitrogens with one attached hydrogen (secondary N) is 1. The number of aromatic nitrogens is 2. The van der Waals surface area contributed by atoms with E-state index in [-0.39, 0.29) is 12.3 Å². The molecule has 0 bridgehead atoms. The zero-order valence-electron chi connectivity index (χ0n) is 19.1. The Hall–Kier alpha value is -4.13. The summed E-state index contributed by atoms with van der Waals surface area (Å²) in [6, 6.07) is 22.9. The van der Waals surface area contributed by atoms with Crippen molar-refractivity contribution in [2.45, 2.75) is 26.2 Å². The second-order valence-electron chi connectivity index (χ2n) is 7.64. The highest BCUT2D eigenvalue weighted by Gasteiger charge is 2.22. The van der Waals surface area contributed by atoms with Crippen LogP contribution in [0.3, 0.4) is 0 Å². The summed E-state index contributed by atoms with van der Waals surface area (Å²) in [6.07, 6.45) is 1.26. The lowest BCUT2D eigenvalue weighted by Gasteiger charge is -2.14. The van der Waals surface area contributed by atoms with E-state index in [1.165, 1.54) is 12.1 Å². The maximum atomic E-state index is 13.5. The molecule has 4 rings (SSSR count). The number of amides is 1. The van der Waals surface area contributed by atoms with E-state index in [0.29, 0.717) is 35.9 Å². The summed E-state index contributed by atoms with van der Waals surface area (Å²) in [7, 11) is 1.59. The third-order valence-corrected chi connectivity index (χ3v) is 5.34. The SMILES string of the molecule is CCc1nn(-c2ccccc2)c(Oc2ccccc2OC)c1CCC(=O)Nc1cccc(F)c1. The lowest BCUT2D eigenvalue weighted by Crippen LogP contribution is -2.13. The molecule has 0 fully saturated rings. The average Bonchev–Trinajstić information content (AvgIpc) is 3.21. The molecule has 0 saturated heterocycles. The number of nitrogens with zero attached hydrogens (tertiary/aromatic N) is 2. The summed E-state index contributed by atoms with van der Waals surface area (Å²) in [4.78, 5) is 12.6. The van der Waals surface area contributed by atoms with Crippen molar-refractivity contribution in [3.8, 4) is 23.1 Å². The number of benzene rings is 3. The van der Waals surface area contributed by atoms with E-state index in [1.54, 1.807) is 23.9 Å². The van der Waals surface area contributed by atoms with Gasteiger partial charge in [0.2, 0.25) is 11.8 Å². The van der Waals surface area contributed by atoms with E-state index in [2.05, 4.69) is 5.32 Å². The van der Waals surface area contributed by atoms with Gasteiger partial charge in [0, 0.05) is 17.7 Å². The summed E-state index contributed by atoms with van der Waals surface area (Å²) >= 11 is 0. The maximum Gasteiger partial charge on any atom is 0.226 e. The lowest BCUT2D eigenvalue weighted by atomic mass is 10.1. The number of aryl methyl sites for hydroxylation is 1. The van der Waals surface area contributed by atoms with Crippen molar-refractivity contribution in [3.63, 3.8) is 0 Å². The summed E-state index contributed by atoms with van der Waals surface area (Å²) in [6.45, 7) is 2.01. The van der Waals surface area contributed by atoms with Gasteiger partial charge in [-0.15, -0.1) is 0 Å². The van der Waals surface area contributed by atoms with Crippen molar-refractivity contribution in [2.24, 2.45) is 0 Å². The third kappa shape index (κ3) is 5.26. The molecule has 0 radical (unpaired) electrons. The monoisotopic (exact) mass is 459 g/mol. The van der Waals surface area contributed by atoms with E-state index in [4.69, 9.17) is 14.6 Å². The van der Waals surface area contributed by atoms with Crippen molar-refractivity contribution in [2.75, 3.05) is 12.4 Å². The molecule has 0 spiro atoms. The molecule has 0 aliphatic heterocycles. The van der Waals surface area contributed by atoms with E-state index in [1.807, 2.05) is 61.5 Å². The van der Waals surface area contributed by atoms with Crippen LogP contribution in [0, 0.1) is 5.82 Å². The number of anilines is 1. The number of carbonyl (C=O) groups excluding carboxylic acids is 1. The molecule has 1 amide bonds. The first-order valence-corrected chi connectivity index (χ1v) is 11.1. The maximum absolute atomic E-state index is 13.5. The van der Waals surface area contributed by atoms with E-state index in [9.17, 15) is 9.18 Å². The molecular weight excluding hydrogens is 433 g/mol. The van der Waals surface area contributed by atoms with Gasteiger partial charge in [0.05, 0.1) is 18.5 Å². The van der Waals surface area contributed by atoms with Crippen molar-refractivity contribution >= 4 is 11.6 Å². The Kier molecular flexibility index (Phi) is 7.22.